The van der Waals surface area contributed by atoms with Crippen molar-refractivity contribution in [1.29, 1.82) is 0 Å². The highest BCUT2D eigenvalue weighted by atomic mass is 19.4. The van der Waals surface area contributed by atoms with E-state index >= 15 is 0 Å². The lowest BCUT2D eigenvalue weighted by molar-refractivity contribution is -0.141. The molecule has 1 atom stereocenters. The highest BCUT2D eigenvalue weighted by molar-refractivity contribution is 5.77. The van der Waals surface area contributed by atoms with E-state index in [0.29, 0.717) is 35.3 Å². The van der Waals surface area contributed by atoms with E-state index in [1.807, 2.05) is 0 Å². The maximum Gasteiger partial charge on any atom is 0.406 e. The molecule has 1 saturated heterocycles. The molecule has 0 N–H and O–H groups in total. The summed E-state index contributed by atoms with van der Waals surface area (Å²) in [5.41, 5.74) is -0.656. The molecule has 0 radical (unpaired) electrons. The molecule has 1 fully saturated rings. The summed E-state index contributed by atoms with van der Waals surface area (Å²) >= 11 is 0. The normalized spacial score (nSPS) is 17.2. The standard InChI is InChI=1S/C19H18F3N5O2/c1-25-16(28)9-8-15(24-25)26-10-4-7-14(26)17-23-13-6-3-2-5-12(13)18(29)27(17)11-19(20,21)22/h2-3,5-6,8-9,14H,4,7,10-11H2,1H3. The predicted octanol–water partition coefficient (Wildman–Crippen LogP) is 2.39. The van der Waals surface area contributed by atoms with Gasteiger partial charge in [-0.25, -0.2) is 9.67 Å². The van der Waals surface area contributed by atoms with Gasteiger partial charge in [0.1, 0.15) is 18.2 Å². The van der Waals surface area contributed by atoms with Gasteiger partial charge in [-0.1, -0.05) is 12.1 Å². The first kappa shape index (κ1) is 19.2. The number of hydrogen-bond acceptors (Lipinski definition) is 5. The van der Waals surface area contributed by atoms with Crippen LogP contribution in [0.25, 0.3) is 10.9 Å². The van der Waals surface area contributed by atoms with Crippen molar-refractivity contribution in [2.24, 2.45) is 7.05 Å². The van der Waals surface area contributed by atoms with Crippen LogP contribution in [-0.4, -0.2) is 32.1 Å². The minimum absolute atomic E-state index is 0.0548. The van der Waals surface area contributed by atoms with E-state index in [4.69, 9.17) is 0 Å². The number of aromatic nitrogens is 4. The van der Waals surface area contributed by atoms with Gasteiger partial charge in [-0.15, -0.1) is 0 Å². The molecule has 0 saturated carbocycles. The van der Waals surface area contributed by atoms with Gasteiger partial charge in [-0.05, 0) is 31.0 Å². The molecule has 0 aliphatic carbocycles. The fourth-order valence-corrected chi connectivity index (χ4v) is 3.72. The summed E-state index contributed by atoms with van der Waals surface area (Å²) in [6, 6.07) is 8.71. The number of aryl methyl sites for hydroxylation is 1. The maximum absolute atomic E-state index is 13.3. The Morgan fingerprint density at radius 2 is 1.90 bits per heavy atom. The molecule has 10 heteroatoms. The Bertz CT molecular complexity index is 1180. The summed E-state index contributed by atoms with van der Waals surface area (Å²) < 4.78 is 41.6. The van der Waals surface area contributed by atoms with E-state index in [1.165, 1.54) is 29.9 Å². The summed E-state index contributed by atoms with van der Waals surface area (Å²) in [7, 11) is 1.50. The van der Waals surface area contributed by atoms with Crippen molar-refractivity contribution in [1.82, 2.24) is 19.3 Å². The van der Waals surface area contributed by atoms with Crippen LogP contribution in [0.1, 0.15) is 24.7 Å². The van der Waals surface area contributed by atoms with Crippen LogP contribution < -0.4 is 16.0 Å². The summed E-state index contributed by atoms with van der Waals surface area (Å²) in [6.07, 6.45) is -3.35. The topological polar surface area (TPSA) is 73.0 Å². The highest BCUT2D eigenvalue weighted by Gasteiger charge is 2.36. The Labute approximate surface area is 163 Å². The van der Waals surface area contributed by atoms with Gasteiger partial charge in [0.05, 0.1) is 16.9 Å². The monoisotopic (exact) mass is 405 g/mol. The zero-order valence-electron chi connectivity index (χ0n) is 15.6. The molecule has 1 aromatic carbocycles. The number of para-hydroxylation sites is 1. The molecule has 1 unspecified atom stereocenters. The van der Waals surface area contributed by atoms with Crippen LogP contribution in [0.5, 0.6) is 0 Å². The minimum atomic E-state index is -4.57. The molecule has 0 amide bonds. The van der Waals surface area contributed by atoms with E-state index in [2.05, 4.69) is 10.1 Å². The van der Waals surface area contributed by atoms with Crippen molar-refractivity contribution in [2.45, 2.75) is 31.6 Å². The Kier molecular flexibility index (Phi) is 4.64. The molecule has 0 spiro atoms. The minimum Gasteiger partial charge on any atom is -0.345 e. The predicted molar refractivity (Wildman–Crippen MR) is 101 cm³/mol. The Hall–Kier alpha value is -3.17. The molecule has 3 heterocycles. The molecule has 0 bridgehead atoms. The zero-order valence-corrected chi connectivity index (χ0v) is 15.6. The molecular weight excluding hydrogens is 387 g/mol. The molecule has 2 aromatic heterocycles. The molecule has 7 nitrogen and oxygen atoms in total. The third-order valence-corrected chi connectivity index (χ3v) is 5.02. The molecular formula is C19H18F3N5O2. The van der Waals surface area contributed by atoms with Crippen LogP contribution in [0.15, 0.2) is 46.0 Å². The fraction of sp³-hybridized carbons (Fsp3) is 0.368. The smallest absolute Gasteiger partial charge is 0.345 e. The van der Waals surface area contributed by atoms with Crippen molar-refractivity contribution in [3.8, 4) is 0 Å². The number of nitrogens with zero attached hydrogens (tertiary/aromatic N) is 5. The van der Waals surface area contributed by atoms with Crippen LogP contribution in [-0.2, 0) is 13.6 Å². The van der Waals surface area contributed by atoms with E-state index in [1.54, 1.807) is 23.1 Å². The van der Waals surface area contributed by atoms with Gasteiger partial charge >= 0.3 is 6.18 Å². The third kappa shape index (κ3) is 3.62. The molecule has 1 aliphatic heterocycles. The molecule has 4 rings (SSSR count). The first-order valence-corrected chi connectivity index (χ1v) is 9.12. The Balaban J connectivity index is 1.89. The van der Waals surface area contributed by atoms with E-state index in [0.717, 1.165) is 0 Å². The highest BCUT2D eigenvalue weighted by Crippen LogP contribution is 2.34. The second-order valence-corrected chi connectivity index (χ2v) is 7.00. The van der Waals surface area contributed by atoms with Gasteiger partial charge in [0, 0.05) is 19.7 Å². The van der Waals surface area contributed by atoms with Crippen molar-refractivity contribution in [3.63, 3.8) is 0 Å². The summed E-state index contributed by atoms with van der Waals surface area (Å²) in [4.78, 5) is 30.7. The number of hydrogen-bond donors (Lipinski definition) is 0. The second-order valence-electron chi connectivity index (χ2n) is 7.00. The number of anilines is 1. The number of fused-ring (bicyclic) bond motifs is 1. The van der Waals surface area contributed by atoms with E-state index < -0.39 is 24.3 Å². The molecule has 3 aromatic rings. The van der Waals surface area contributed by atoms with Crippen molar-refractivity contribution in [2.75, 3.05) is 11.4 Å². The average molecular weight is 405 g/mol. The van der Waals surface area contributed by atoms with Crippen molar-refractivity contribution in [3.05, 3.63) is 62.9 Å². The lowest BCUT2D eigenvalue weighted by Crippen LogP contribution is -2.36. The first-order valence-electron chi connectivity index (χ1n) is 9.12. The lowest BCUT2D eigenvalue weighted by atomic mass is 10.1. The maximum atomic E-state index is 13.3. The zero-order chi connectivity index (χ0) is 20.8. The first-order chi connectivity index (χ1) is 13.7. The summed E-state index contributed by atoms with van der Waals surface area (Å²) in [6.45, 7) is -0.880. The van der Waals surface area contributed by atoms with Gasteiger partial charge in [0.2, 0.25) is 0 Å². The molecule has 29 heavy (non-hydrogen) atoms. The fourth-order valence-electron chi connectivity index (χ4n) is 3.72. The summed E-state index contributed by atoms with van der Waals surface area (Å²) in [5.74, 6) is 0.509. The molecule has 152 valence electrons. The SMILES string of the molecule is Cn1nc(N2CCCC2c2nc3ccccc3c(=O)n2CC(F)(F)F)ccc1=O. The average Bonchev–Trinajstić information content (AvgIpc) is 3.15. The number of alkyl halides is 3. The second kappa shape index (κ2) is 7.02. The van der Waals surface area contributed by atoms with Gasteiger partial charge in [-0.2, -0.15) is 18.3 Å². The van der Waals surface area contributed by atoms with Crippen LogP contribution in [0.2, 0.25) is 0 Å². The van der Waals surface area contributed by atoms with Gasteiger partial charge < -0.3 is 4.90 Å². The lowest BCUT2D eigenvalue weighted by Gasteiger charge is -2.27. The third-order valence-electron chi connectivity index (χ3n) is 5.02. The Morgan fingerprint density at radius 3 is 2.62 bits per heavy atom. The number of rotatable bonds is 3. The van der Waals surface area contributed by atoms with Crippen LogP contribution in [0.4, 0.5) is 19.0 Å². The summed E-state index contributed by atoms with van der Waals surface area (Å²) in [5, 5.41) is 4.36. The number of halogens is 3. The number of benzene rings is 1. The van der Waals surface area contributed by atoms with Crippen LogP contribution in [0.3, 0.4) is 0 Å². The van der Waals surface area contributed by atoms with E-state index in [9.17, 15) is 22.8 Å². The van der Waals surface area contributed by atoms with Gasteiger partial charge in [-0.3, -0.25) is 14.2 Å². The van der Waals surface area contributed by atoms with Crippen LogP contribution in [0, 0.1) is 0 Å². The van der Waals surface area contributed by atoms with Crippen molar-refractivity contribution >= 4 is 16.7 Å². The van der Waals surface area contributed by atoms with Gasteiger partial charge in [0.15, 0.2) is 0 Å². The Morgan fingerprint density at radius 1 is 1.14 bits per heavy atom. The quantitative estimate of drug-likeness (QED) is 0.669. The molecule has 1 aliphatic rings. The van der Waals surface area contributed by atoms with Gasteiger partial charge in [0.25, 0.3) is 11.1 Å². The largest absolute Gasteiger partial charge is 0.406 e. The van der Waals surface area contributed by atoms with Crippen LogP contribution >= 0.6 is 0 Å². The van der Waals surface area contributed by atoms with E-state index in [-0.39, 0.29) is 16.8 Å². The van der Waals surface area contributed by atoms with Crippen molar-refractivity contribution < 1.29 is 13.2 Å².